The summed E-state index contributed by atoms with van der Waals surface area (Å²) >= 11 is 11.7. The molecule has 1 amide bonds. The van der Waals surface area contributed by atoms with Crippen LogP contribution < -0.4 is 5.32 Å². The van der Waals surface area contributed by atoms with Gasteiger partial charge in [0.25, 0.3) is 0 Å². The quantitative estimate of drug-likeness (QED) is 0.669. The number of halogens is 5. The Morgan fingerprint density at radius 3 is 2.31 bits per heavy atom. The van der Waals surface area contributed by atoms with Gasteiger partial charge in [0.05, 0.1) is 5.56 Å². The monoisotopic (exact) mass is 403 g/mol. The van der Waals surface area contributed by atoms with Gasteiger partial charge < -0.3 is 10.1 Å². The number of benzene rings is 2. The Morgan fingerprint density at radius 1 is 1.12 bits per heavy atom. The van der Waals surface area contributed by atoms with Gasteiger partial charge in [-0.25, -0.2) is 4.79 Å². The van der Waals surface area contributed by atoms with Crippen LogP contribution in [0.2, 0.25) is 10.0 Å². The Balaban J connectivity index is 1.87. The third kappa shape index (κ3) is 5.97. The first-order valence-electron chi connectivity index (χ1n) is 7.44. The van der Waals surface area contributed by atoms with Crippen LogP contribution >= 0.6 is 23.2 Å². The van der Waals surface area contributed by atoms with Gasteiger partial charge in [0.1, 0.15) is 6.61 Å². The molecule has 0 fully saturated rings. The van der Waals surface area contributed by atoms with Crippen molar-refractivity contribution in [2.45, 2.75) is 12.8 Å². The molecule has 26 heavy (non-hydrogen) atoms. The zero-order valence-corrected chi connectivity index (χ0v) is 14.8. The van der Waals surface area contributed by atoms with E-state index < -0.39 is 17.8 Å². The fraction of sp³-hybridized carbons (Fsp3) is 0.167. The number of nitrogens with one attached hydrogen (secondary N) is 1. The molecule has 0 aliphatic rings. The van der Waals surface area contributed by atoms with Crippen LogP contribution in [0.15, 0.2) is 48.5 Å². The summed E-state index contributed by atoms with van der Waals surface area (Å²) in [7, 11) is 0. The largest absolute Gasteiger partial charge is 0.445 e. The summed E-state index contributed by atoms with van der Waals surface area (Å²) < 4.78 is 43.0. The molecule has 0 saturated carbocycles. The minimum atomic E-state index is -4.53. The molecule has 0 atom stereocenters. The first kappa shape index (κ1) is 20.1. The Kier molecular flexibility index (Phi) is 6.94. The Morgan fingerprint density at radius 2 is 1.73 bits per heavy atom. The topological polar surface area (TPSA) is 38.3 Å². The van der Waals surface area contributed by atoms with E-state index in [0.29, 0.717) is 0 Å². The summed E-state index contributed by atoms with van der Waals surface area (Å²) in [5, 5.41) is 2.22. The molecule has 0 aliphatic heterocycles. The van der Waals surface area contributed by atoms with Gasteiger partial charge in [-0.1, -0.05) is 65.7 Å². The maximum Gasteiger partial charge on any atom is 0.416 e. The number of hydrogen-bond acceptors (Lipinski definition) is 2. The van der Waals surface area contributed by atoms with Gasteiger partial charge in [-0.3, -0.25) is 0 Å². The average Bonchev–Trinajstić information content (AvgIpc) is 2.58. The van der Waals surface area contributed by atoms with Crippen molar-refractivity contribution in [1.29, 1.82) is 0 Å². The van der Waals surface area contributed by atoms with Gasteiger partial charge in [-0.15, -0.1) is 0 Å². The SMILES string of the molecule is O=C(NCC=Cc1c(Cl)cc(C(F)(F)F)cc1Cl)OCc1ccccc1. The maximum absolute atomic E-state index is 12.7. The van der Waals surface area contributed by atoms with Crippen molar-refractivity contribution in [1.82, 2.24) is 5.32 Å². The molecule has 2 rings (SSSR count). The van der Waals surface area contributed by atoms with Crippen LogP contribution in [0.3, 0.4) is 0 Å². The summed E-state index contributed by atoms with van der Waals surface area (Å²) in [4.78, 5) is 11.6. The Bertz CT molecular complexity index is 770. The van der Waals surface area contributed by atoms with Gasteiger partial charge in [-0.05, 0) is 17.7 Å². The highest BCUT2D eigenvalue weighted by Gasteiger charge is 2.31. The fourth-order valence-electron chi connectivity index (χ4n) is 2.00. The van der Waals surface area contributed by atoms with Gasteiger partial charge in [-0.2, -0.15) is 13.2 Å². The Labute approximate surface area is 158 Å². The second-order valence-corrected chi connectivity index (χ2v) is 6.01. The second-order valence-electron chi connectivity index (χ2n) is 5.20. The van der Waals surface area contributed by atoms with E-state index in [4.69, 9.17) is 27.9 Å². The van der Waals surface area contributed by atoms with Crippen molar-refractivity contribution in [3.8, 4) is 0 Å². The van der Waals surface area contributed by atoms with Crippen molar-refractivity contribution in [2.24, 2.45) is 0 Å². The van der Waals surface area contributed by atoms with Crippen molar-refractivity contribution in [3.63, 3.8) is 0 Å². The minimum absolute atomic E-state index is 0.0985. The van der Waals surface area contributed by atoms with Crippen molar-refractivity contribution < 1.29 is 22.7 Å². The van der Waals surface area contributed by atoms with E-state index in [1.165, 1.54) is 12.2 Å². The van der Waals surface area contributed by atoms with E-state index in [2.05, 4.69) is 5.32 Å². The van der Waals surface area contributed by atoms with E-state index >= 15 is 0 Å². The predicted octanol–water partition coefficient (Wildman–Crippen LogP) is 5.95. The molecule has 0 aliphatic carbocycles. The molecule has 138 valence electrons. The lowest BCUT2D eigenvalue weighted by atomic mass is 10.1. The number of alkyl halides is 3. The Hall–Kier alpha value is -2.18. The first-order valence-corrected chi connectivity index (χ1v) is 8.20. The number of alkyl carbamates (subject to hydrolysis) is 1. The molecule has 8 heteroatoms. The molecule has 0 spiro atoms. The van der Waals surface area contributed by atoms with Crippen LogP contribution in [0, 0.1) is 0 Å². The van der Waals surface area contributed by atoms with Crippen LogP contribution in [0.4, 0.5) is 18.0 Å². The second kappa shape index (κ2) is 8.96. The van der Waals surface area contributed by atoms with E-state index in [1.807, 2.05) is 30.3 Å². The highest BCUT2D eigenvalue weighted by molar-refractivity contribution is 6.37. The highest BCUT2D eigenvalue weighted by Crippen LogP contribution is 2.36. The van der Waals surface area contributed by atoms with Crippen molar-refractivity contribution >= 4 is 35.4 Å². The molecule has 3 nitrogen and oxygen atoms in total. The number of rotatable bonds is 5. The normalized spacial score (nSPS) is 11.6. The maximum atomic E-state index is 12.7. The van der Waals surface area contributed by atoms with E-state index in [0.717, 1.165) is 17.7 Å². The van der Waals surface area contributed by atoms with Crippen molar-refractivity contribution in [3.05, 3.63) is 75.3 Å². The molecule has 0 unspecified atom stereocenters. The molecule has 2 aromatic rings. The molecule has 0 bridgehead atoms. The zero-order valence-electron chi connectivity index (χ0n) is 13.3. The summed E-state index contributed by atoms with van der Waals surface area (Å²) in [6, 6.07) is 10.8. The van der Waals surface area contributed by atoms with Gasteiger partial charge in [0.15, 0.2) is 0 Å². The lowest BCUT2D eigenvalue weighted by Gasteiger charge is -2.10. The fourth-order valence-corrected chi connectivity index (χ4v) is 2.61. The summed E-state index contributed by atoms with van der Waals surface area (Å²) in [6.45, 7) is 0.230. The summed E-state index contributed by atoms with van der Waals surface area (Å²) in [6.07, 6.45) is -2.21. The van der Waals surface area contributed by atoms with Crippen LogP contribution in [0.1, 0.15) is 16.7 Å². The number of ether oxygens (including phenoxy) is 1. The zero-order chi connectivity index (χ0) is 19.2. The first-order chi connectivity index (χ1) is 12.3. The van der Waals surface area contributed by atoms with Gasteiger partial charge in [0, 0.05) is 22.2 Å². The highest BCUT2D eigenvalue weighted by atomic mass is 35.5. The molecule has 0 heterocycles. The smallest absolute Gasteiger partial charge is 0.416 e. The van der Waals surface area contributed by atoms with Gasteiger partial charge >= 0.3 is 12.3 Å². The number of carbonyl (C=O) groups is 1. The molecule has 0 aromatic heterocycles. The van der Waals surface area contributed by atoms with E-state index in [1.54, 1.807) is 0 Å². The lowest BCUT2D eigenvalue weighted by molar-refractivity contribution is -0.137. The summed E-state index contributed by atoms with van der Waals surface area (Å²) in [5.41, 5.74) is 0.162. The lowest BCUT2D eigenvalue weighted by Crippen LogP contribution is -2.24. The average molecular weight is 404 g/mol. The van der Waals surface area contributed by atoms with Crippen LogP contribution in [-0.4, -0.2) is 12.6 Å². The van der Waals surface area contributed by atoms with E-state index in [9.17, 15) is 18.0 Å². The van der Waals surface area contributed by atoms with E-state index in [-0.39, 0.29) is 28.8 Å². The van der Waals surface area contributed by atoms with Crippen LogP contribution in [0.25, 0.3) is 6.08 Å². The number of carbonyl (C=O) groups excluding carboxylic acids is 1. The predicted molar refractivity (Wildman–Crippen MR) is 95.1 cm³/mol. The molecular weight excluding hydrogens is 390 g/mol. The molecule has 2 aromatic carbocycles. The molecular formula is C18H14Cl2F3NO2. The van der Waals surface area contributed by atoms with Crippen LogP contribution in [-0.2, 0) is 17.5 Å². The standard InChI is InChI=1S/C18H14Cl2F3NO2/c19-15-9-13(18(21,22)23)10-16(20)14(15)7-4-8-24-17(25)26-11-12-5-2-1-3-6-12/h1-7,9-10H,8,11H2,(H,24,25). The summed E-state index contributed by atoms with van der Waals surface area (Å²) in [5.74, 6) is 0. The molecule has 0 radical (unpaired) electrons. The molecule has 1 N–H and O–H groups in total. The van der Waals surface area contributed by atoms with Crippen LogP contribution in [0.5, 0.6) is 0 Å². The van der Waals surface area contributed by atoms with Crippen molar-refractivity contribution in [2.75, 3.05) is 6.54 Å². The number of amides is 1. The van der Waals surface area contributed by atoms with Gasteiger partial charge in [0.2, 0.25) is 0 Å². The number of hydrogen-bond donors (Lipinski definition) is 1. The third-order valence-corrected chi connectivity index (χ3v) is 3.89. The third-order valence-electron chi connectivity index (χ3n) is 3.27. The minimum Gasteiger partial charge on any atom is -0.445 e. The molecule has 0 saturated heterocycles.